The molecule has 1 aliphatic carbocycles. The normalized spacial score (nSPS) is 30.5. The van der Waals surface area contributed by atoms with E-state index in [9.17, 15) is 4.79 Å². The third-order valence-electron chi connectivity index (χ3n) is 4.98. The molecule has 2 unspecified atom stereocenters. The number of carbonyl (C=O) groups excluding carboxylic acids is 1. The van der Waals surface area contributed by atoms with Crippen LogP contribution in [0.5, 0.6) is 0 Å². The fraction of sp³-hybridized carbons (Fsp3) is 0.611. The SMILES string of the molecule is Cl.NC[C@H]1CC[C@@H](C(=O)NC2CCCCC2c2ccccc2)O1. The van der Waals surface area contributed by atoms with Gasteiger partial charge in [0.1, 0.15) is 6.10 Å². The highest BCUT2D eigenvalue weighted by molar-refractivity contribution is 5.85. The van der Waals surface area contributed by atoms with Gasteiger partial charge in [-0.3, -0.25) is 4.79 Å². The molecule has 1 saturated carbocycles. The Morgan fingerprint density at radius 3 is 2.57 bits per heavy atom. The molecule has 0 bridgehead atoms. The van der Waals surface area contributed by atoms with Gasteiger partial charge in [-0.15, -0.1) is 12.4 Å². The molecule has 0 radical (unpaired) electrons. The lowest BCUT2D eigenvalue weighted by Gasteiger charge is -2.33. The van der Waals surface area contributed by atoms with E-state index in [1.165, 1.54) is 18.4 Å². The summed E-state index contributed by atoms with van der Waals surface area (Å²) in [6.45, 7) is 0.500. The number of carbonyl (C=O) groups is 1. The molecule has 4 atom stereocenters. The largest absolute Gasteiger partial charge is 0.364 e. The van der Waals surface area contributed by atoms with Crippen molar-refractivity contribution >= 4 is 18.3 Å². The van der Waals surface area contributed by atoms with Gasteiger partial charge in [0.25, 0.3) is 0 Å². The van der Waals surface area contributed by atoms with E-state index in [1.54, 1.807) is 0 Å². The summed E-state index contributed by atoms with van der Waals surface area (Å²) < 4.78 is 5.72. The van der Waals surface area contributed by atoms with Crippen LogP contribution in [0.1, 0.15) is 50.0 Å². The van der Waals surface area contributed by atoms with Gasteiger partial charge in [-0.25, -0.2) is 0 Å². The molecule has 1 saturated heterocycles. The molecule has 2 aliphatic rings. The fourth-order valence-corrected chi connectivity index (χ4v) is 3.75. The predicted molar refractivity (Wildman–Crippen MR) is 93.8 cm³/mol. The molecule has 128 valence electrons. The molecule has 5 heteroatoms. The third kappa shape index (κ3) is 4.46. The number of rotatable bonds is 4. The van der Waals surface area contributed by atoms with E-state index in [1.807, 2.05) is 6.07 Å². The van der Waals surface area contributed by atoms with Crippen molar-refractivity contribution in [1.82, 2.24) is 5.32 Å². The van der Waals surface area contributed by atoms with Crippen LogP contribution < -0.4 is 11.1 Å². The van der Waals surface area contributed by atoms with E-state index in [-0.39, 0.29) is 36.6 Å². The quantitative estimate of drug-likeness (QED) is 0.887. The molecule has 1 aromatic rings. The summed E-state index contributed by atoms with van der Waals surface area (Å²) in [5, 5.41) is 3.25. The molecular weight excluding hydrogens is 312 g/mol. The molecule has 1 aliphatic heterocycles. The van der Waals surface area contributed by atoms with Gasteiger partial charge in [0, 0.05) is 18.5 Å². The van der Waals surface area contributed by atoms with Gasteiger partial charge in [0.2, 0.25) is 5.91 Å². The van der Waals surface area contributed by atoms with Gasteiger partial charge in [0.15, 0.2) is 0 Å². The second-order valence-electron chi connectivity index (χ2n) is 6.48. The number of hydrogen-bond donors (Lipinski definition) is 2. The predicted octanol–water partition coefficient (Wildman–Crippen LogP) is 2.76. The third-order valence-corrected chi connectivity index (χ3v) is 4.98. The second-order valence-corrected chi connectivity index (χ2v) is 6.48. The molecule has 2 fully saturated rings. The van der Waals surface area contributed by atoms with Crippen LogP contribution in [-0.2, 0) is 9.53 Å². The van der Waals surface area contributed by atoms with Gasteiger partial charge in [0.05, 0.1) is 6.10 Å². The molecule has 0 aromatic heterocycles. The average molecular weight is 339 g/mol. The van der Waals surface area contributed by atoms with Crippen LogP contribution in [0, 0.1) is 0 Å². The average Bonchev–Trinajstić information content (AvgIpc) is 3.05. The van der Waals surface area contributed by atoms with Crippen molar-refractivity contribution in [3.8, 4) is 0 Å². The van der Waals surface area contributed by atoms with Gasteiger partial charge >= 0.3 is 0 Å². The van der Waals surface area contributed by atoms with Crippen LogP contribution in [0.3, 0.4) is 0 Å². The van der Waals surface area contributed by atoms with Gasteiger partial charge < -0.3 is 15.8 Å². The first-order valence-electron chi connectivity index (χ1n) is 8.49. The molecule has 4 nitrogen and oxygen atoms in total. The van der Waals surface area contributed by atoms with Gasteiger partial charge in [-0.1, -0.05) is 43.2 Å². The Morgan fingerprint density at radius 2 is 1.87 bits per heavy atom. The monoisotopic (exact) mass is 338 g/mol. The molecule has 3 rings (SSSR count). The first-order chi connectivity index (χ1) is 10.8. The number of benzene rings is 1. The van der Waals surface area contributed by atoms with Crippen LogP contribution in [0.25, 0.3) is 0 Å². The summed E-state index contributed by atoms with van der Waals surface area (Å²) in [4.78, 5) is 12.5. The molecule has 1 heterocycles. The summed E-state index contributed by atoms with van der Waals surface area (Å²) in [6, 6.07) is 10.8. The highest BCUT2D eigenvalue weighted by Crippen LogP contribution is 2.33. The van der Waals surface area contributed by atoms with Crippen molar-refractivity contribution in [3.63, 3.8) is 0 Å². The van der Waals surface area contributed by atoms with Crippen molar-refractivity contribution in [2.24, 2.45) is 5.73 Å². The highest BCUT2D eigenvalue weighted by atomic mass is 35.5. The van der Waals surface area contributed by atoms with Gasteiger partial charge in [-0.2, -0.15) is 0 Å². The number of nitrogens with one attached hydrogen (secondary N) is 1. The van der Waals surface area contributed by atoms with E-state index < -0.39 is 0 Å². The smallest absolute Gasteiger partial charge is 0.249 e. The van der Waals surface area contributed by atoms with Crippen LogP contribution in [0.15, 0.2) is 30.3 Å². The summed E-state index contributed by atoms with van der Waals surface area (Å²) in [6.07, 6.45) is 6.04. The van der Waals surface area contributed by atoms with E-state index >= 15 is 0 Å². The first kappa shape index (κ1) is 18.2. The fourth-order valence-electron chi connectivity index (χ4n) is 3.75. The molecule has 0 spiro atoms. The summed E-state index contributed by atoms with van der Waals surface area (Å²) >= 11 is 0. The summed E-state index contributed by atoms with van der Waals surface area (Å²) in [7, 11) is 0. The maximum absolute atomic E-state index is 12.5. The Hall–Kier alpha value is -1.10. The van der Waals surface area contributed by atoms with Crippen LogP contribution in [-0.4, -0.2) is 30.7 Å². The number of nitrogens with two attached hydrogens (primary N) is 1. The minimum Gasteiger partial charge on any atom is -0.364 e. The van der Waals surface area contributed by atoms with E-state index in [0.29, 0.717) is 12.5 Å². The Labute approximate surface area is 144 Å². The topological polar surface area (TPSA) is 64.4 Å². The summed E-state index contributed by atoms with van der Waals surface area (Å²) in [5.41, 5.74) is 6.95. The van der Waals surface area contributed by atoms with Crippen LogP contribution in [0.2, 0.25) is 0 Å². The molecular formula is C18H27ClN2O2. The lowest BCUT2D eigenvalue weighted by Crippen LogP contribution is -2.45. The first-order valence-corrected chi connectivity index (χ1v) is 8.49. The second kappa shape index (κ2) is 8.67. The number of ether oxygens (including phenoxy) is 1. The Morgan fingerprint density at radius 1 is 1.13 bits per heavy atom. The highest BCUT2D eigenvalue weighted by Gasteiger charge is 2.33. The number of halogens is 1. The zero-order valence-electron chi connectivity index (χ0n) is 13.4. The lowest BCUT2D eigenvalue weighted by atomic mass is 9.80. The van der Waals surface area contributed by atoms with Crippen molar-refractivity contribution in [2.45, 2.75) is 62.7 Å². The van der Waals surface area contributed by atoms with E-state index in [4.69, 9.17) is 10.5 Å². The molecule has 23 heavy (non-hydrogen) atoms. The van der Waals surface area contributed by atoms with Crippen molar-refractivity contribution in [1.29, 1.82) is 0 Å². The Kier molecular flexibility index (Phi) is 6.88. The maximum Gasteiger partial charge on any atom is 0.249 e. The standard InChI is InChI=1S/C18H26N2O2.ClH/c19-12-14-10-11-17(22-14)18(21)20-16-9-5-4-8-15(16)13-6-2-1-3-7-13;/h1-3,6-7,14-17H,4-5,8-12,19H2,(H,20,21);1H/t14-,15?,16?,17+;/m1./s1. The minimum absolute atomic E-state index is 0. The lowest BCUT2D eigenvalue weighted by molar-refractivity contribution is -0.132. The van der Waals surface area contributed by atoms with Crippen molar-refractivity contribution in [2.75, 3.05) is 6.54 Å². The van der Waals surface area contributed by atoms with E-state index in [2.05, 4.69) is 29.6 Å². The number of amides is 1. The molecule has 1 aromatic carbocycles. The van der Waals surface area contributed by atoms with Gasteiger partial charge in [-0.05, 0) is 31.2 Å². The Balaban J connectivity index is 0.00000192. The van der Waals surface area contributed by atoms with Crippen molar-refractivity contribution < 1.29 is 9.53 Å². The Bertz CT molecular complexity index is 497. The zero-order chi connectivity index (χ0) is 15.4. The van der Waals surface area contributed by atoms with E-state index in [0.717, 1.165) is 25.7 Å². The van der Waals surface area contributed by atoms with Crippen molar-refractivity contribution in [3.05, 3.63) is 35.9 Å². The maximum atomic E-state index is 12.5. The molecule has 1 amide bonds. The van der Waals surface area contributed by atoms with Crippen LogP contribution in [0.4, 0.5) is 0 Å². The minimum atomic E-state index is -0.313. The summed E-state index contributed by atoms with van der Waals surface area (Å²) in [5.74, 6) is 0.467. The zero-order valence-corrected chi connectivity index (χ0v) is 14.3. The molecule has 3 N–H and O–H groups in total. The number of hydrogen-bond acceptors (Lipinski definition) is 3. The van der Waals surface area contributed by atoms with Crippen LogP contribution >= 0.6 is 12.4 Å².